The summed E-state index contributed by atoms with van der Waals surface area (Å²) in [4.78, 5) is 27.2. The van der Waals surface area contributed by atoms with Crippen LogP contribution in [0.4, 0.5) is 4.79 Å². The highest BCUT2D eigenvalue weighted by Crippen LogP contribution is 2.41. The molecule has 2 aromatic carbocycles. The minimum Gasteiger partial charge on any atom is -0.444 e. The van der Waals surface area contributed by atoms with Crippen LogP contribution in [0.1, 0.15) is 58.4 Å². The lowest BCUT2D eigenvalue weighted by Crippen LogP contribution is -2.61. The summed E-state index contributed by atoms with van der Waals surface area (Å²) in [6, 6.07) is 16.4. The molecule has 1 saturated carbocycles. The van der Waals surface area contributed by atoms with Crippen molar-refractivity contribution >= 4 is 27.5 Å². The van der Waals surface area contributed by atoms with Crippen molar-refractivity contribution in [3.05, 3.63) is 81.6 Å². The molecule has 1 fully saturated rings. The van der Waals surface area contributed by atoms with Crippen LogP contribution in [0.3, 0.4) is 0 Å². The number of aromatic nitrogens is 2. The van der Waals surface area contributed by atoms with Gasteiger partial charge >= 0.3 is 6.09 Å². The molecule has 0 spiro atoms. The number of halogens is 1. The Labute approximate surface area is 234 Å². The maximum atomic E-state index is 13.6. The summed E-state index contributed by atoms with van der Waals surface area (Å²) in [6.45, 7) is 5.32. The summed E-state index contributed by atoms with van der Waals surface area (Å²) < 4.78 is 31.4. The van der Waals surface area contributed by atoms with Crippen molar-refractivity contribution in [3.63, 3.8) is 0 Å². The van der Waals surface area contributed by atoms with Crippen LogP contribution >= 0.6 is 11.6 Å². The Hall–Kier alpha value is -3.17. The number of benzene rings is 2. The van der Waals surface area contributed by atoms with Gasteiger partial charge in [0, 0.05) is 34.4 Å². The number of sulfone groups is 1. The maximum absolute atomic E-state index is 13.6. The third-order valence-corrected chi connectivity index (χ3v) is 8.19. The summed E-state index contributed by atoms with van der Waals surface area (Å²) in [5, 5.41) is 8.27. The van der Waals surface area contributed by atoms with Crippen molar-refractivity contribution in [2.24, 2.45) is 5.92 Å². The number of nitrogens with one attached hydrogen (secondary N) is 1. The van der Waals surface area contributed by atoms with E-state index in [4.69, 9.17) is 21.4 Å². The topological polar surface area (TPSA) is 107 Å². The van der Waals surface area contributed by atoms with E-state index in [9.17, 15) is 18.0 Å². The molecule has 0 bridgehead atoms. The molecule has 1 aliphatic rings. The number of carbonyl (C=O) groups excluding carboxylic acids is 1. The van der Waals surface area contributed by atoms with Gasteiger partial charge in [-0.3, -0.25) is 10.1 Å². The molecule has 0 saturated heterocycles. The molecule has 39 heavy (non-hydrogen) atoms. The molecule has 10 heteroatoms. The Kier molecular flexibility index (Phi) is 8.23. The summed E-state index contributed by atoms with van der Waals surface area (Å²) in [7, 11) is -3.46. The van der Waals surface area contributed by atoms with Crippen molar-refractivity contribution in [1.82, 2.24) is 15.1 Å². The van der Waals surface area contributed by atoms with Crippen LogP contribution in [0, 0.1) is 5.92 Å². The van der Waals surface area contributed by atoms with Gasteiger partial charge in [0.2, 0.25) is 0 Å². The van der Waals surface area contributed by atoms with Crippen LogP contribution < -0.4 is 10.9 Å². The van der Waals surface area contributed by atoms with E-state index in [-0.39, 0.29) is 10.8 Å². The number of carbonyl (C=O) groups is 1. The largest absolute Gasteiger partial charge is 0.444 e. The van der Waals surface area contributed by atoms with Crippen molar-refractivity contribution in [1.29, 1.82) is 0 Å². The first kappa shape index (κ1) is 28.8. The van der Waals surface area contributed by atoms with Crippen molar-refractivity contribution in [2.75, 3.05) is 6.26 Å². The van der Waals surface area contributed by atoms with Crippen molar-refractivity contribution < 1.29 is 17.9 Å². The molecule has 1 atom stereocenters. The quantitative estimate of drug-likeness (QED) is 0.402. The predicted molar refractivity (Wildman–Crippen MR) is 152 cm³/mol. The van der Waals surface area contributed by atoms with Gasteiger partial charge in [-0.25, -0.2) is 13.2 Å². The van der Waals surface area contributed by atoms with Crippen LogP contribution in [0.2, 0.25) is 5.02 Å². The van der Waals surface area contributed by atoms with E-state index in [0.29, 0.717) is 21.8 Å². The van der Waals surface area contributed by atoms with Gasteiger partial charge < -0.3 is 4.74 Å². The lowest BCUT2D eigenvalue weighted by molar-refractivity contribution is 0.0281. The summed E-state index contributed by atoms with van der Waals surface area (Å²) in [6.07, 6.45) is 4.83. The molecule has 1 unspecified atom stereocenters. The van der Waals surface area contributed by atoms with Gasteiger partial charge in [0.05, 0.1) is 10.6 Å². The van der Waals surface area contributed by atoms with E-state index in [1.165, 1.54) is 22.9 Å². The SMILES string of the molecule is CC(C)(C)OC(=O)NC(c1cccc(Cl)c1)(C1CCCCC1)n1nc(-c2cccc(S(C)(=O)=O)c2)ccc1=O. The first-order valence-electron chi connectivity index (χ1n) is 13.0. The summed E-state index contributed by atoms with van der Waals surface area (Å²) in [5.41, 5.74) is -1.11. The smallest absolute Gasteiger partial charge is 0.409 e. The number of rotatable bonds is 6. The summed E-state index contributed by atoms with van der Waals surface area (Å²) in [5.74, 6) is -0.194. The highest BCUT2D eigenvalue weighted by molar-refractivity contribution is 7.90. The predicted octanol–water partition coefficient (Wildman–Crippen LogP) is 5.77. The fraction of sp³-hybridized carbons (Fsp3) is 0.414. The van der Waals surface area contributed by atoms with Gasteiger partial charge in [0.25, 0.3) is 5.56 Å². The number of amides is 1. The van der Waals surface area contributed by atoms with E-state index in [2.05, 4.69) is 5.32 Å². The van der Waals surface area contributed by atoms with Crippen LogP contribution in [0.25, 0.3) is 11.3 Å². The Morgan fingerprint density at radius 2 is 1.72 bits per heavy atom. The molecule has 1 aliphatic carbocycles. The standard InChI is InChI=1S/C29H34ClN3O5S/c1-28(2,3)38-27(35)31-29(21-11-6-5-7-12-21,22-13-9-14-23(30)19-22)33-26(34)17-16-25(32-33)20-10-8-15-24(18-20)39(4,36)37/h8-10,13-19,21H,5-7,11-12H2,1-4H3,(H,31,35). The number of ether oxygens (including phenoxy) is 1. The average molecular weight is 572 g/mol. The minimum atomic E-state index is -3.46. The Bertz CT molecular complexity index is 1520. The number of hydrogen-bond acceptors (Lipinski definition) is 6. The van der Waals surface area contributed by atoms with Crippen LogP contribution in [-0.4, -0.2) is 36.1 Å². The first-order valence-corrected chi connectivity index (χ1v) is 15.2. The molecule has 3 aromatic rings. The molecule has 1 heterocycles. The first-order chi connectivity index (χ1) is 18.3. The van der Waals surface area contributed by atoms with E-state index in [1.807, 2.05) is 6.07 Å². The van der Waals surface area contributed by atoms with Gasteiger partial charge in [-0.05, 0) is 63.9 Å². The average Bonchev–Trinajstić information content (AvgIpc) is 2.87. The number of nitrogens with zero attached hydrogens (tertiary/aromatic N) is 2. The van der Waals surface area contributed by atoms with E-state index in [1.54, 1.807) is 57.2 Å². The van der Waals surface area contributed by atoms with Crippen LogP contribution in [0.15, 0.2) is 70.4 Å². The normalized spacial score (nSPS) is 16.3. The zero-order chi connectivity index (χ0) is 28.4. The molecule has 4 rings (SSSR count). The zero-order valence-electron chi connectivity index (χ0n) is 22.6. The molecule has 8 nitrogen and oxygen atoms in total. The lowest BCUT2D eigenvalue weighted by atomic mass is 9.76. The van der Waals surface area contributed by atoms with E-state index < -0.39 is 32.8 Å². The van der Waals surface area contributed by atoms with Crippen molar-refractivity contribution in [3.8, 4) is 11.3 Å². The molecular weight excluding hydrogens is 538 g/mol. The van der Waals surface area contributed by atoms with Gasteiger partial charge in [0.15, 0.2) is 15.5 Å². The second-order valence-electron chi connectivity index (χ2n) is 11.0. The number of alkyl carbamates (subject to hydrolysis) is 1. The van der Waals surface area contributed by atoms with Gasteiger partial charge in [-0.2, -0.15) is 9.78 Å². The van der Waals surface area contributed by atoms with Gasteiger partial charge in [-0.1, -0.05) is 55.1 Å². The Balaban J connectivity index is 1.99. The molecule has 0 radical (unpaired) electrons. The minimum absolute atomic E-state index is 0.139. The molecular formula is C29H34ClN3O5S. The molecule has 1 amide bonds. The van der Waals surface area contributed by atoms with E-state index >= 15 is 0 Å². The lowest BCUT2D eigenvalue weighted by Gasteiger charge is -2.44. The highest BCUT2D eigenvalue weighted by Gasteiger charge is 2.47. The third kappa shape index (κ3) is 6.53. The zero-order valence-corrected chi connectivity index (χ0v) is 24.2. The Morgan fingerprint density at radius 3 is 2.36 bits per heavy atom. The second kappa shape index (κ2) is 11.1. The Morgan fingerprint density at radius 1 is 1.03 bits per heavy atom. The molecule has 1 N–H and O–H groups in total. The maximum Gasteiger partial charge on any atom is 0.409 e. The third-order valence-electron chi connectivity index (χ3n) is 6.84. The van der Waals surface area contributed by atoms with Crippen LogP contribution in [0.5, 0.6) is 0 Å². The molecule has 208 valence electrons. The number of hydrogen-bond donors (Lipinski definition) is 1. The molecule has 0 aliphatic heterocycles. The highest BCUT2D eigenvalue weighted by atomic mass is 35.5. The fourth-order valence-electron chi connectivity index (χ4n) is 5.17. The monoisotopic (exact) mass is 571 g/mol. The van der Waals surface area contributed by atoms with Crippen molar-refractivity contribution in [2.45, 2.75) is 69.0 Å². The van der Waals surface area contributed by atoms with Gasteiger partial charge in [-0.15, -0.1) is 0 Å². The van der Waals surface area contributed by atoms with Crippen LogP contribution in [-0.2, 0) is 20.2 Å². The fourth-order valence-corrected chi connectivity index (χ4v) is 6.02. The van der Waals surface area contributed by atoms with Gasteiger partial charge in [0.1, 0.15) is 5.60 Å². The summed E-state index contributed by atoms with van der Waals surface area (Å²) >= 11 is 6.44. The second-order valence-corrected chi connectivity index (χ2v) is 13.5. The van der Waals surface area contributed by atoms with E-state index in [0.717, 1.165) is 38.4 Å². The molecule has 1 aromatic heterocycles.